The Kier molecular flexibility index (Phi) is 4.30. The van der Waals surface area contributed by atoms with Crippen LogP contribution >= 0.6 is 0 Å². The lowest BCUT2D eigenvalue weighted by Gasteiger charge is -2.20. The van der Waals surface area contributed by atoms with Gasteiger partial charge in [0.15, 0.2) is 0 Å². The average Bonchev–Trinajstić information content (AvgIpc) is 2.77. The highest BCUT2D eigenvalue weighted by Crippen LogP contribution is 2.16. The van der Waals surface area contributed by atoms with E-state index in [0.717, 1.165) is 5.69 Å². The monoisotopic (exact) mass is 250 g/mol. The van der Waals surface area contributed by atoms with Crippen molar-refractivity contribution >= 4 is 11.6 Å². The number of anilines is 1. The number of carbonyl (C=O) groups excluding carboxylic acids is 1. The highest BCUT2D eigenvalue weighted by Gasteiger charge is 2.31. The van der Waals surface area contributed by atoms with Crippen molar-refractivity contribution in [3.8, 4) is 0 Å². The average molecular weight is 250 g/mol. The Bertz CT molecular complexity index is 388. The molecule has 0 saturated carbocycles. The van der Waals surface area contributed by atoms with Crippen LogP contribution in [-0.2, 0) is 9.53 Å². The molecule has 0 radical (unpaired) electrons. The highest BCUT2D eigenvalue weighted by molar-refractivity contribution is 5.92. The fraction of sp³-hybridized carbons (Fsp3) is 0.462. The molecule has 1 aliphatic rings. The number of hydrogen-bond acceptors (Lipinski definition) is 4. The quantitative estimate of drug-likeness (QED) is 0.706. The van der Waals surface area contributed by atoms with Crippen LogP contribution in [0.4, 0.5) is 5.69 Å². The van der Waals surface area contributed by atoms with Crippen molar-refractivity contribution < 1.29 is 14.6 Å². The zero-order chi connectivity index (χ0) is 12.8. The molecule has 0 aromatic heterocycles. The molecule has 1 amide bonds. The molecule has 1 unspecified atom stereocenters. The van der Waals surface area contributed by atoms with Gasteiger partial charge in [0.2, 0.25) is 5.91 Å². The third-order valence-corrected chi connectivity index (χ3v) is 2.88. The van der Waals surface area contributed by atoms with Crippen LogP contribution in [0.1, 0.15) is 6.42 Å². The molecule has 1 aromatic rings. The van der Waals surface area contributed by atoms with Crippen LogP contribution in [0, 0.1) is 0 Å². The smallest absolute Gasteiger partial charge is 0.238 e. The van der Waals surface area contributed by atoms with E-state index in [-0.39, 0.29) is 12.5 Å². The van der Waals surface area contributed by atoms with E-state index in [4.69, 9.17) is 4.74 Å². The van der Waals surface area contributed by atoms with Crippen LogP contribution in [-0.4, -0.2) is 42.9 Å². The van der Waals surface area contributed by atoms with Crippen molar-refractivity contribution in [3.05, 3.63) is 30.3 Å². The van der Waals surface area contributed by atoms with Crippen molar-refractivity contribution in [1.29, 1.82) is 0 Å². The van der Waals surface area contributed by atoms with E-state index in [9.17, 15) is 9.90 Å². The van der Waals surface area contributed by atoms with E-state index < -0.39 is 5.60 Å². The standard InChI is InChI=1S/C13H18N2O3/c16-12(15-11-4-2-1-3-5-11)8-14-9-13(17)6-7-18-10-13/h1-5,14,17H,6-10H2,(H,15,16). The Morgan fingerprint density at radius 3 is 2.83 bits per heavy atom. The Morgan fingerprint density at radius 1 is 1.39 bits per heavy atom. The molecular weight excluding hydrogens is 232 g/mol. The summed E-state index contributed by atoms with van der Waals surface area (Å²) in [6, 6.07) is 9.28. The summed E-state index contributed by atoms with van der Waals surface area (Å²) in [4.78, 5) is 11.6. The van der Waals surface area contributed by atoms with Crippen LogP contribution in [0.15, 0.2) is 30.3 Å². The largest absolute Gasteiger partial charge is 0.386 e. The summed E-state index contributed by atoms with van der Waals surface area (Å²) in [7, 11) is 0. The summed E-state index contributed by atoms with van der Waals surface area (Å²) < 4.78 is 5.12. The fourth-order valence-corrected chi connectivity index (χ4v) is 1.87. The maximum Gasteiger partial charge on any atom is 0.238 e. The fourth-order valence-electron chi connectivity index (χ4n) is 1.87. The second-order valence-corrected chi connectivity index (χ2v) is 4.54. The van der Waals surface area contributed by atoms with Crippen molar-refractivity contribution in [1.82, 2.24) is 5.32 Å². The van der Waals surface area contributed by atoms with Crippen LogP contribution in [0.3, 0.4) is 0 Å². The van der Waals surface area contributed by atoms with E-state index in [0.29, 0.717) is 26.2 Å². The van der Waals surface area contributed by atoms with Crippen LogP contribution in [0.25, 0.3) is 0 Å². The lowest BCUT2D eigenvalue weighted by molar-refractivity contribution is -0.115. The van der Waals surface area contributed by atoms with Gasteiger partial charge >= 0.3 is 0 Å². The minimum atomic E-state index is -0.826. The van der Waals surface area contributed by atoms with Crippen molar-refractivity contribution in [2.75, 3.05) is 31.6 Å². The number of ether oxygens (including phenoxy) is 1. The first-order chi connectivity index (χ1) is 8.68. The van der Waals surface area contributed by atoms with Gasteiger partial charge in [0, 0.05) is 25.3 Å². The first-order valence-electron chi connectivity index (χ1n) is 6.04. The second kappa shape index (κ2) is 5.95. The number of hydrogen-bond donors (Lipinski definition) is 3. The molecule has 5 nitrogen and oxygen atoms in total. The molecule has 2 rings (SSSR count). The predicted molar refractivity (Wildman–Crippen MR) is 68.3 cm³/mol. The van der Waals surface area contributed by atoms with Gasteiger partial charge in [0.1, 0.15) is 5.60 Å². The van der Waals surface area contributed by atoms with Crippen molar-refractivity contribution in [2.45, 2.75) is 12.0 Å². The molecule has 1 fully saturated rings. The first kappa shape index (κ1) is 13.0. The minimum Gasteiger partial charge on any atom is -0.386 e. The van der Waals surface area contributed by atoms with Gasteiger partial charge in [0.25, 0.3) is 0 Å². The Labute approximate surface area is 106 Å². The number of aliphatic hydroxyl groups is 1. The van der Waals surface area contributed by atoms with E-state index >= 15 is 0 Å². The van der Waals surface area contributed by atoms with E-state index in [1.165, 1.54) is 0 Å². The van der Waals surface area contributed by atoms with Crippen molar-refractivity contribution in [2.24, 2.45) is 0 Å². The van der Waals surface area contributed by atoms with E-state index in [2.05, 4.69) is 10.6 Å². The number of benzene rings is 1. The Morgan fingerprint density at radius 2 is 2.17 bits per heavy atom. The zero-order valence-electron chi connectivity index (χ0n) is 10.2. The lowest BCUT2D eigenvalue weighted by Crippen LogP contribution is -2.43. The predicted octanol–water partition coefficient (Wildman–Crippen LogP) is 0.366. The maximum atomic E-state index is 11.6. The SMILES string of the molecule is O=C(CNCC1(O)CCOC1)Nc1ccccc1. The normalized spacial score (nSPS) is 22.9. The van der Waals surface area contributed by atoms with E-state index in [1.807, 2.05) is 30.3 Å². The van der Waals surface area contributed by atoms with Crippen LogP contribution in [0.5, 0.6) is 0 Å². The molecule has 98 valence electrons. The molecule has 3 N–H and O–H groups in total. The summed E-state index contributed by atoms with van der Waals surface area (Å²) in [6.45, 7) is 1.46. The van der Waals surface area contributed by atoms with Gasteiger partial charge in [0.05, 0.1) is 13.2 Å². The van der Waals surface area contributed by atoms with Crippen LogP contribution < -0.4 is 10.6 Å². The maximum absolute atomic E-state index is 11.6. The number of rotatable bonds is 5. The van der Waals surface area contributed by atoms with Gasteiger partial charge in [-0.3, -0.25) is 4.79 Å². The molecule has 1 aromatic carbocycles. The van der Waals surface area contributed by atoms with Gasteiger partial charge in [-0.25, -0.2) is 0 Å². The summed E-state index contributed by atoms with van der Waals surface area (Å²) in [6.07, 6.45) is 0.611. The summed E-state index contributed by atoms with van der Waals surface area (Å²) in [5.41, 5.74) is -0.0558. The molecule has 0 spiro atoms. The third-order valence-electron chi connectivity index (χ3n) is 2.88. The topological polar surface area (TPSA) is 70.6 Å². The Hall–Kier alpha value is -1.43. The van der Waals surface area contributed by atoms with Gasteiger partial charge in [-0.1, -0.05) is 18.2 Å². The molecule has 0 bridgehead atoms. The molecule has 5 heteroatoms. The minimum absolute atomic E-state index is 0.122. The second-order valence-electron chi connectivity index (χ2n) is 4.54. The molecule has 0 aliphatic carbocycles. The van der Waals surface area contributed by atoms with Gasteiger partial charge < -0.3 is 20.5 Å². The lowest BCUT2D eigenvalue weighted by atomic mass is 10.0. The van der Waals surface area contributed by atoms with Crippen LogP contribution in [0.2, 0.25) is 0 Å². The van der Waals surface area contributed by atoms with Crippen molar-refractivity contribution in [3.63, 3.8) is 0 Å². The zero-order valence-corrected chi connectivity index (χ0v) is 10.2. The summed E-state index contributed by atoms with van der Waals surface area (Å²) >= 11 is 0. The van der Waals surface area contributed by atoms with Gasteiger partial charge in [-0.15, -0.1) is 0 Å². The first-order valence-corrected chi connectivity index (χ1v) is 6.04. The molecule has 18 heavy (non-hydrogen) atoms. The summed E-state index contributed by atoms with van der Waals surface area (Å²) in [5, 5.41) is 15.7. The number of para-hydroxylation sites is 1. The number of carbonyl (C=O) groups is 1. The molecule has 1 saturated heterocycles. The Balaban J connectivity index is 1.69. The number of nitrogens with one attached hydrogen (secondary N) is 2. The van der Waals surface area contributed by atoms with Gasteiger partial charge in [-0.05, 0) is 12.1 Å². The molecule has 1 aliphatic heterocycles. The van der Waals surface area contributed by atoms with Gasteiger partial charge in [-0.2, -0.15) is 0 Å². The molecule has 1 heterocycles. The third kappa shape index (κ3) is 3.80. The summed E-state index contributed by atoms with van der Waals surface area (Å²) in [5.74, 6) is -0.122. The molecule has 1 atom stereocenters. The number of amides is 1. The molecular formula is C13H18N2O3. The van der Waals surface area contributed by atoms with E-state index in [1.54, 1.807) is 0 Å². The highest BCUT2D eigenvalue weighted by atomic mass is 16.5.